The van der Waals surface area contributed by atoms with Crippen LogP contribution >= 0.6 is 15.9 Å². The molecule has 0 bridgehead atoms. The normalized spacial score (nSPS) is 11.1. The van der Waals surface area contributed by atoms with Crippen LogP contribution in [0.2, 0.25) is 0 Å². The van der Waals surface area contributed by atoms with Crippen LogP contribution in [0.15, 0.2) is 53.0 Å². The second-order valence-corrected chi connectivity index (χ2v) is 5.48. The van der Waals surface area contributed by atoms with Gasteiger partial charge in [-0.1, -0.05) is 46.3 Å². The second kappa shape index (κ2) is 4.74. The first kappa shape index (κ1) is 12.3. The van der Waals surface area contributed by atoms with Crippen molar-refractivity contribution in [2.24, 2.45) is 0 Å². The van der Waals surface area contributed by atoms with Crippen LogP contribution in [-0.4, -0.2) is 9.67 Å². The summed E-state index contributed by atoms with van der Waals surface area (Å²) in [7, 11) is 0. The van der Waals surface area contributed by atoms with Crippen LogP contribution in [0.1, 0.15) is 11.3 Å². The van der Waals surface area contributed by atoms with Crippen LogP contribution in [0.25, 0.3) is 10.9 Å². The molecule has 3 aromatic rings. The van der Waals surface area contributed by atoms with E-state index in [1.807, 2.05) is 49.4 Å². The number of aromatic hydroxyl groups is 1. The molecule has 0 aliphatic rings. The van der Waals surface area contributed by atoms with Gasteiger partial charge >= 0.3 is 0 Å². The minimum absolute atomic E-state index is 0.377. The first-order valence-corrected chi connectivity index (χ1v) is 6.98. The summed E-state index contributed by atoms with van der Waals surface area (Å²) < 4.78 is 3.23. The first-order valence-electron chi connectivity index (χ1n) is 6.18. The van der Waals surface area contributed by atoms with Crippen LogP contribution in [0.5, 0.6) is 5.75 Å². The van der Waals surface area contributed by atoms with Crippen LogP contribution in [0.3, 0.4) is 0 Å². The Kier molecular flexibility index (Phi) is 3.07. The number of rotatable bonds is 2. The molecule has 2 nitrogen and oxygen atoms in total. The number of hydrogen-bond acceptors (Lipinski definition) is 1. The Morgan fingerprint density at radius 2 is 1.74 bits per heavy atom. The number of benzene rings is 2. The van der Waals surface area contributed by atoms with E-state index < -0.39 is 0 Å². The van der Waals surface area contributed by atoms with E-state index in [9.17, 15) is 5.11 Å². The van der Waals surface area contributed by atoms with E-state index in [0.29, 0.717) is 5.75 Å². The largest absolute Gasteiger partial charge is 0.505 e. The van der Waals surface area contributed by atoms with E-state index in [0.717, 1.165) is 27.6 Å². The number of para-hydroxylation sites is 1. The fraction of sp³-hybridized carbons (Fsp3) is 0.125. The molecule has 96 valence electrons. The van der Waals surface area contributed by atoms with Gasteiger partial charge in [0.05, 0.1) is 11.2 Å². The van der Waals surface area contributed by atoms with Crippen molar-refractivity contribution in [1.82, 2.24) is 4.57 Å². The number of aromatic nitrogens is 1. The zero-order valence-electron chi connectivity index (χ0n) is 10.6. The van der Waals surface area contributed by atoms with Gasteiger partial charge in [0.15, 0.2) is 0 Å². The van der Waals surface area contributed by atoms with Gasteiger partial charge in [0.25, 0.3) is 0 Å². The Morgan fingerprint density at radius 1 is 1.05 bits per heavy atom. The number of nitrogens with zero attached hydrogens (tertiary/aromatic N) is 1. The highest BCUT2D eigenvalue weighted by Gasteiger charge is 2.13. The molecule has 2 aromatic carbocycles. The average molecular weight is 316 g/mol. The maximum atomic E-state index is 10.2. The van der Waals surface area contributed by atoms with Crippen LogP contribution < -0.4 is 0 Å². The van der Waals surface area contributed by atoms with Crippen LogP contribution in [0.4, 0.5) is 0 Å². The molecule has 3 rings (SSSR count). The monoisotopic (exact) mass is 315 g/mol. The Hall–Kier alpha value is -1.74. The third-order valence-electron chi connectivity index (χ3n) is 3.48. The average Bonchev–Trinajstić information content (AvgIpc) is 2.67. The van der Waals surface area contributed by atoms with Gasteiger partial charge in [0.2, 0.25) is 0 Å². The van der Waals surface area contributed by atoms with Gasteiger partial charge < -0.3 is 9.67 Å². The number of hydrogen-bond donors (Lipinski definition) is 1. The fourth-order valence-electron chi connectivity index (χ4n) is 2.41. The van der Waals surface area contributed by atoms with Crippen molar-refractivity contribution >= 4 is 26.8 Å². The lowest BCUT2D eigenvalue weighted by atomic mass is 10.2. The minimum atomic E-state index is 0.377. The van der Waals surface area contributed by atoms with Crippen LogP contribution in [0, 0.1) is 6.92 Å². The van der Waals surface area contributed by atoms with Crippen molar-refractivity contribution in [3.05, 3.63) is 64.3 Å². The molecule has 0 spiro atoms. The predicted octanol–water partition coefficient (Wildman–Crippen LogP) is 4.47. The fourth-order valence-corrected chi connectivity index (χ4v) is 2.82. The summed E-state index contributed by atoms with van der Waals surface area (Å²) in [6.45, 7) is 2.69. The van der Waals surface area contributed by atoms with Gasteiger partial charge in [-0.3, -0.25) is 0 Å². The smallest absolute Gasteiger partial charge is 0.144 e. The molecule has 0 aliphatic heterocycles. The molecule has 0 saturated heterocycles. The minimum Gasteiger partial charge on any atom is -0.505 e. The van der Waals surface area contributed by atoms with Gasteiger partial charge in [-0.25, -0.2) is 0 Å². The molecule has 19 heavy (non-hydrogen) atoms. The summed E-state index contributed by atoms with van der Waals surface area (Å²) in [6, 6.07) is 16.1. The van der Waals surface area contributed by atoms with E-state index in [2.05, 4.69) is 26.6 Å². The van der Waals surface area contributed by atoms with Gasteiger partial charge in [-0.05, 0) is 30.7 Å². The number of fused-ring (bicyclic) bond motifs is 1. The topological polar surface area (TPSA) is 25.2 Å². The van der Waals surface area contributed by atoms with Gasteiger partial charge in [-0.2, -0.15) is 0 Å². The van der Waals surface area contributed by atoms with E-state index in [1.54, 1.807) is 0 Å². The van der Waals surface area contributed by atoms with E-state index >= 15 is 0 Å². The molecule has 1 aromatic heterocycles. The Bertz CT molecular complexity index is 746. The molecule has 1 heterocycles. The van der Waals surface area contributed by atoms with Crippen molar-refractivity contribution in [2.45, 2.75) is 13.5 Å². The summed E-state index contributed by atoms with van der Waals surface area (Å²) in [6.07, 6.45) is 0. The standard InChI is InChI=1S/C16H14BrNO/c1-11-16(19)13-7-3-5-9-15(13)18(11)10-12-6-2-4-8-14(12)17/h2-9,19H,10H2,1H3. The highest BCUT2D eigenvalue weighted by molar-refractivity contribution is 9.10. The lowest BCUT2D eigenvalue weighted by Gasteiger charge is -2.09. The van der Waals surface area contributed by atoms with Crippen LogP contribution in [-0.2, 0) is 6.54 Å². The van der Waals surface area contributed by atoms with E-state index in [1.165, 1.54) is 5.56 Å². The highest BCUT2D eigenvalue weighted by Crippen LogP contribution is 2.32. The maximum Gasteiger partial charge on any atom is 0.144 e. The lowest BCUT2D eigenvalue weighted by Crippen LogP contribution is -2.02. The van der Waals surface area contributed by atoms with Gasteiger partial charge in [0, 0.05) is 16.4 Å². The van der Waals surface area contributed by atoms with Crippen molar-refractivity contribution in [2.75, 3.05) is 0 Å². The molecule has 0 atom stereocenters. The Balaban J connectivity index is 2.16. The Labute approximate surface area is 120 Å². The molecule has 0 saturated carbocycles. The molecule has 0 aliphatic carbocycles. The maximum absolute atomic E-state index is 10.2. The zero-order valence-corrected chi connectivity index (χ0v) is 12.2. The molecule has 0 amide bonds. The van der Waals surface area contributed by atoms with Gasteiger partial charge in [-0.15, -0.1) is 0 Å². The summed E-state index contributed by atoms with van der Waals surface area (Å²) in [5.41, 5.74) is 3.16. The molecule has 0 radical (unpaired) electrons. The van der Waals surface area contributed by atoms with E-state index in [4.69, 9.17) is 0 Å². The summed E-state index contributed by atoms with van der Waals surface area (Å²) in [4.78, 5) is 0. The zero-order chi connectivity index (χ0) is 13.4. The molecule has 0 fully saturated rings. The SMILES string of the molecule is Cc1c(O)c2ccccc2n1Cc1ccccc1Br. The third-order valence-corrected chi connectivity index (χ3v) is 4.26. The van der Waals surface area contributed by atoms with Crippen molar-refractivity contribution in [3.63, 3.8) is 0 Å². The third kappa shape index (κ3) is 2.04. The number of halogens is 1. The molecule has 1 N–H and O–H groups in total. The first-order chi connectivity index (χ1) is 9.18. The van der Waals surface area contributed by atoms with Gasteiger partial charge in [0.1, 0.15) is 5.75 Å². The lowest BCUT2D eigenvalue weighted by molar-refractivity contribution is 0.473. The highest BCUT2D eigenvalue weighted by atomic mass is 79.9. The molecular weight excluding hydrogens is 302 g/mol. The van der Waals surface area contributed by atoms with Crippen molar-refractivity contribution in [3.8, 4) is 5.75 Å². The quantitative estimate of drug-likeness (QED) is 0.741. The molecule has 0 unspecified atom stereocenters. The summed E-state index contributed by atoms with van der Waals surface area (Å²) in [5, 5.41) is 11.1. The van der Waals surface area contributed by atoms with E-state index in [-0.39, 0.29) is 0 Å². The molecular formula is C16H14BrNO. The summed E-state index contributed by atoms with van der Waals surface area (Å²) >= 11 is 3.57. The van der Waals surface area contributed by atoms with Crippen molar-refractivity contribution in [1.29, 1.82) is 0 Å². The molecule has 3 heteroatoms. The van der Waals surface area contributed by atoms with Crippen molar-refractivity contribution < 1.29 is 5.11 Å². The Morgan fingerprint density at radius 3 is 2.53 bits per heavy atom. The summed E-state index contributed by atoms with van der Waals surface area (Å²) in [5.74, 6) is 0.377. The second-order valence-electron chi connectivity index (χ2n) is 4.63. The predicted molar refractivity (Wildman–Crippen MR) is 81.6 cm³/mol.